The number of hydrogen-bond acceptors (Lipinski definition) is 5. The number of hydrogen-bond donors (Lipinski definition) is 0. The summed E-state index contributed by atoms with van der Waals surface area (Å²) >= 11 is 3.73. The molecule has 1 unspecified atom stereocenters. The van der Waals surface area contributed by atoms with E-state index in [1.54, 1.807) is 6.92 Å². The lowest BCUT2D eigenvalue weighted by atomic mass is 9.68. The number of carbonyl (C=O) groups excluding carboxylic acids is 1. The second-order valence-electron chi connectivity index (χ2n) is 10.7. The first-order chi connectivity index (χ1) is 17.4. The van der Waals surface area contributed by atoms with Gasteiger partial charge in [-0.1, -0.05) is 65.9 Å². The number of halogens is 1. The highest BCUT2D eigenvalue weighted by Crippen LogP contribution is 2.60. The quantitative estimate of drug-likeness (QED) is 0.350. The Hall–Kier alpha value is -2.86. The first kappa shape index (κ1) is 23.5. The Bertz CT molecular complexity index is 1390. The van der Waals surface area contributed by atoms with Crippen LogP contribution in [-0.2, 0) is 10.2 Å². The van der Waals surface area contributed by atoms with Crippen molar-refractivity contribution >= 4 is 55.8 Å². The lowest BCUT2D eigenvalue weighted by molar-refractivity contribution is -0.116. The van der Waals surface area contributed by atoms with E-state index in [1.165, 1.54) is 24.1 Å². The molecule has 3 aromatic rings. The van der Waals surface area contributed by atoms with E-state index in [4.69, 9.17) is 9.73 Å². The molecule has 2 aliphatic heterocycles. The summed E-state index contributed by atoms with van der Waals surface area (Å²) in [6.07, 6.45) is 8.72. The zero-order valence-corrected chi connectivity index (χ0v) is 22.8. The van der Waals surface area contributed by atoms with Crippen LogP contribution in [0.5, 0.6) is 5.75 Å². The number of rotatable bonds is 3. The van der Waals surface area contributed by atoms with Crippen molar-refractivity contribution in [3.63, 3.8) is 0 Å². The van der Waals surface area contributed by atoms with E-state index in [2.05, 4.69) is 70.2 Å². The van der Waals surface area contributed by atoms with Gasteiger partial charge in [-0.05, 0) is 55.0 Å². The number of anilines is 2. The lowest BCUT2D eigenvalue weighted by Crippen LogP contribution is -2.64. The molecule has 0 radical (unpaired) electrons. The van der Waals surface area contributed by atoms with E-state index < -0.39 is 5.72 Å². The predicted molar refractivity (Wildman–Crippen MR) is 151 cm³/mol. The minimum Gasteiger partial charge on any atom is -0.459 e. The van der Waals surface area contributed by atoms with Crippen molar-refractivity contribution in [2.24, 2.45) is 4.99 Å². The third kappa shape index (κ3) is 3.33. The molecule has 0 bridgehead atoms. The number of carbonyl (C=O) groups is 1. The van der Waals surface area contributed by atoms with E-state index in [-0.39, 0.29) is 17.7 Å². The van der Waals surface area contributed by atoms with Crippen molar-refractivity contribution in [1.29, 1.82) is 0 Å². The highest BCUT2D eigenvalue weighted by molar-refractivity contribution is 9.10. The molecule has 1 saturated carbocycles. The van der Waals surface area contributed by atoms with Crippen LogP contribution in [-0.4, -0.2) is 38.4 Å². The Kier molecular flexibility index (Phi) is 5.63. The largest absolute Gasteiger partial charge is 0.459 e. The van der Waals surface area contributed by atoms with Crippen molar-refractivity contribution in [3.05, 3.63) is 58.6 Å². The van der Waals surface area contributed by atoms with E-state index in [9.17, 15) is 4.79 Å². The number of aliphatic imine (C=N–C) groups is 1. The molecule has 2 spiro atoms. The topological polar surface area (TPSA) is 45.1 Å². The summed E-state index contributed by atoms with van der Waals surface area (Å²) in [4.78, 5) is 22.1. The zero-order valence-electron chi connectivity index (χ0n) is 21.2. The Labute approximate surface area is 221 Å². The van der Waals surface area contributed by atoms with Crippen LogP contribution in [0.15, 0.2) is 58.0 Å². The molecule has 0 aromatic heterocycles. The van der Waals surface area contributed by atoms with Gasteiger partial charge in [0.15, 0.2) is 5.75 Å². The molecule has 6 heteroatoms. The Morgan fingerprint density at radius 1 is 1.06 bits per heavy atom. The highest BCUT2D eigenvalue weighted by Gasteiger charge is 2.64. The number of fused-ring (bicyclic) bond motifs is 6. The molecule has 36 heavy (non-hydrogen) atoms. The number of ketones is 1. The normalized spacial score (nSPS) is 21.8. The van der Waals surface area contributed by atoms with Gasteiger partial charge in [0.1, 0.15) is 11.5 Å². The molecule has 2 heterocycles. The summed E-state index contributed by atoms with van der Waals surface area (Å²) in [5.41, 5.74) is 3.21. The molecular weight excluding hydrogens is 514 g/mol. The van der Waals surface area contributed by atoms with Crippen LogP contribution in [0.2, 0.25) is 0 Å². The second kappa shape index (κ2) is 8.62. The van der Waals surface area contributed by atoms with Crippen molar-refractivity contribution in [1.82, 2.24) is 0 Å². The van der Waals surface area contributed by atoms with Gasteiger partial charge in [-0.2, -0.15) is 0 Å². The molecule has 1 fully saturated rings. The number of benzene rings is 3. The maximum atomic E-state index is 12.7. The van der Waals surface area contributed by atoms with Gasteiger partial charge in [-0.25, -0.2) is 0 Å². The molecule has 186 valence electrons. The van der Waals surface area contributed by atoms with Gasteiger partial charge < -0.3 is 14.5 Å². The maximum Gasteiger partial charge on any atom is 0.229 e. The minimum absolute atomic E-state index is 0.117. The zero-order chi connectivity index (χ0) is 25.1. The molecule has 5 nitrogen and oxygen atoms in total. The van der Waals surface area contributed by atoms with Gasteiger partial charge >= 0.3 is 0 Å². The van der Waals surface area contributed by atoms with Crippen molar-refractivity contribution in [3.8, 4) is 5.75 Å². The third-order valence-electron chi connectivity index (χ3n) is 8.29. The molecule has 6 rings (SSSR count). The summed E-state index contributed by atoms with van der Waals surface area (Å²) in [6.45, 7) is 1.95. The van der Waals surface area contributed by atoms with Crippen LogP contribution in [0.25, 0.3) is 10.8 Å². The molecule has 1 atom stereocenters. The SMILES string of the molecule is CC(=O)CN1c2ccc(N(C)C)cc2C2(CCCCCC2)C12C=Nc1cc(Br)c3ccccc3c1O2. The molecular formula is C30H32BrN3O2. The van der Waals surface area contributed by atoms with Crippen molar-refractivity contribution < 1.29 is 9.53 Å². The molecule has 3 aliphatic rings. The van der Waals surface area contributed by atoms with Crippen LogP contribution < -0.4 is 14.5 Å². The van der Waals surface area contributed by atoms with Gasteiger partial charge in [0.25, 0.3) is 0 Å². The van der Waals surface area contributed by atoms with E-state index in [0.29, 0.717) is 0 Å². The average Bonchev–Trinajstić information content (AvgIpc) is 3.03. The second-order valence-corrected chi connectivity index (χ2v) is 11.5. The Morgan fingerprint density at radius 3 is 2.47 bits per heavy atom. The Morgan fingerprint density at radius 2 is 1.78 bits per heavy atom. The number of ether oxygens (including phenoxy) is 1. The van der Waals surface area contributed by atoms with Crippen LogP contribution in [0.3, 0.4) is 0 Å². The molecule has 1 aliphatic carbocycles. The third-order valence-corrected chi connectivity index (χ3v) is 8.94. The molecule has 0 amide bonds. The minimum atomic E-state index is -0.861. The van der Waals surface area contributed by atoms with Crippen LogP contribution >= 0.6 is 15.9 Å². The summed E-state index contributed by atoms with van der Waals surface area (Å²) in [5.74, 6) is 0.917. The highest BCUT2D eigenvalue weighted by atomic mass is 79.9. The van der Waals surface area contributed by atoms with Gasteiger partial charge in [-0.3, -0.25) is 9.79 Å². The average molecular weight is 547 g/mol. The summed E-state index contributed by atoms with van der Waals surface area (Å²) in [6, 6.07) is 17.0. The molecule has 0 N–H and O–H groups in total. The number of Topliss-reactive ketones (excluding diaryl/α,β-unsaturated/α-hetero) is 1. The fraction of sp³-hybridized carbons (Fsp3) is 0.400. The van der Waals surface area contributed by atoms with Crippen LogP contribution in [0.1, 0.15) is 51.0 Å². The van der Waals surface area contributed by atoms with Gasteiger partial charge in [0.05, 0.1) is 18.2 Å². The van der Waals surface area contributed by atoms with Gasteiger partial charge in [0, 0.05) is 35.3 Å². The van der Waals surface area contributed by atoms with E-state index >= 15 is 0 Å². The van der Waals surface area contributed by atoms with Gasteiger partial charge in [-0.15, -0.1) is 0 Å². The van der Waals surface area contributed by atoms with Crippen LogP contribution in [0, 0.1) is 0 Å². The summed E-state index contributed by atoms with van der Waals surface area (Å²) in [5, 5.41) is 2.14. The first-order valence-electron chi connectivity index (χ1n) is 12.9. The Balaban J connectivity index is 1.63. The monoisotopic (exact) mass is 545 g/mol. The predicted octanol–water partition coefficient (Wildman–Crippen LogP) is 7.16. The first-order valence-corrected chi connectivity index (χ1v) is 13.7. The fourth-order valence-corrected chi connectivity index (χ4v) is 7.18. The lowest BCUT2D eigenvalue weighted by Gasteiger charge is -2.49. The number of nitrogens with zero attached hydrogens (tertiary/aromatic N) is 3. The van der Waals surface area contributed by atoms with Crippen molar-refractivity contribution in [2.45, 2.75) is 56.6 Å². The van der Waals surface area contributed by atoms with Crippen molar-refractivity contribution in [2.75, 3.05) is 30.4 Å². The molecule has 3 aromatic carbocycles. The smallest absolute Gasteiger partial charge is 0.229 e. The summed E-state index contributed by atoms with van der Waals surface area (Å²) in [7, 11) is 4.16. The van der Waals surface area contributed by atoms with Gasteiger partial charge in [0.2, 0.25) is 5.72 Å². The van der Waals surface area contributed by atoms with E-state index in [0.717, 1.165) is 58.1 Å². The maximum absolute atomic E-state index is 12.7. The standard InChI is InChI=1S/C30H32BrN3O2/c1-20(35)18-34-27-13-12-21(33(2)3)16-24(27)29(14-8-4-5-9-15-29)30(34)19-32-26-17-25(31)22-10-6-7-11-23(22)28(26)36-30/h6-7,10-13,16-17,19H,4-5,8-9,14-15,18H2,1-3H3. The van der Waals surface area contributed by atoms with E-state index in [1.807, 2.05) is 24.4 Å². The van der Waals surface area contributed by atoms with Crippen LogP contribution in [0.4, 0.5) is 17.1 Å². The summed E-state index contributed by atoms with van der Waals surface area (Å²) < 4.78 is 8.29. The fourth-order valence-electron chi connectivity index (χ4n) is 6.61. The molecule has 0 saturated heterocycles.